The van der Waals surface area contributed by atoms with E-state index in [1.807, 2.05) is 12.4 Å². The van der Waals surface area contributed by atoms with Crippen LogP contribution in [-0.2, 0) is 11.5 Å². The van der Waals surface area contributed by atoms with E-state index in [-0.39, 0.29) is 0 Å². The average molecular weight is 442 g/mol. The van der Waals surface area contributed by atoms with Crippen LogP contribution in [0.25, 0.3) is 22.3 Å². The third kappa shape index (κ3) is 5.42. The van der Waals surface area contributed by atoms with Crippen molar-refractivity contribution < 1.29 is 9.84 Å². The van der Waals surface area contributed by atoms with Gasteiger partial charge in [-0.3, -0.25) is 4.68 Å². The topological polar surface area (TPSA) is 78.0 Å². The zero-order chi connectivity index (χ0) is 21.8. The Kier molecular flexibility index (Phi) is 6.88. The van der Waals surface area contributed by atoms with Crippen LogP contribution in [0.3, 0.4) is 0 Å². The molecule has 0 aromatic carbocycles. The maximum atomic E-state index is 9.17. The van der Waals surface area contributed by atoms with Gasteiger partial charge >= 0.3 is 0 Å². The normalized spacial score (nSPS) is 19.9. The van der Waals surface area contributed by atoms with Gasteiger partial charge < -0.3 is 14.4 Å². The van der Waals surface area contributed by atoms with Crippen LogP contribution in [-0.4, -0.2) is 50.7 Å². The van der Waals surface area contributed by atoms with Crippen LogP contribution >= 0.6 is 0 Å². The molecule has 1 saturated carbocycles. The first-order valence-corrected chi connectivity index (χ1v) is 15.2. The van der Waals surface area contributed by atoms with Gasteiger partial charge in [0.2, 0.25) is 0 Å². The molecule has 1 N–H and O–H groups in total. The molecule has 0 aliphatic heterocycles. The van der Waals surface area contributed by atoms with Crippen molar-refractivity contribution in [3.8, 4) is 11.3 Å². The van der Waals surface area contributed by atoms with Crippen LogP contribution in [0.2, 0.25) is 25.7 Å². The number of hydrogen-bond donors (Lipinski definition) is 1. The molecule has 0 spiro atoms. The number of aliphatic hydroxyl groups excluding tert-OH is 1. The third-order valence-electron chi connectivity index (χ3n) is 6.39. The first-order valence-electron chi connectivity index (χ1n) is 11.5. The first-order chi connectivity index (χ1) is 14.9. The largest absolute Gasteiger partial charge is 0.396 e. The van der Waals surface area contributed by atoms with E-state index in [2.05, 4.69) is 56.2 Å². The zero-order valence-electron chi connectivity index (χ0n) is 19.0. The van der Waals surface area contributed by atoms with E-state index < -0.39 is 8.07 Å². The minimum Gasteiger partial charge on any atom is -0.396 e. The fourth-order valence-corrected chi connectivity index (χ4v) is 5.18. The number of hydrogen-bond acceptors (Lipinski definition) is 5. The molecule has 0 bridgehead atoms. The summed E-state index contributed by atoms with van der Waals surface area (Å²) in [5.74, 6) is 0.658. The molecule has 8 heteroatoms. The Morgan fingerprint density at radius 1 is 1.16 bits per heavy atom. The van der Waals surface area contributed by atoms with Crippen LogP contribution in [0, 0.1) is 5.92 Å². The van der Waals surface area contributed by atoms with Crippen molar-refractivity contribution in [1.29, 1.82) is 0 Å². The SMILES string of the molecule is C[Si](C)(C)CCOCn1ccc2c(-c3cnn(C4CCC(CCO)CC4)c3)ncnc21. The number of nitrogens with zero attached hydrogens (tertiary/aromatic N) is 5. The van der Waals surface area contributed by atoms with Crippen molar-refractivity contribution in [2.75, 3.05) is 13.2 Å². The molecule has 0 radical (unpaired) electrons. The molecule has 1 fully saturated rings. The Morgan fingerprint density at radius 2 is 1.97 bits per heavy atom. The van der Waals surface area contributed by atoms with Gasteiger partial charge in [0.1, 0.15) is 18.7 Å². The maximum Gasteiger partial charge on any atom is 0.145 e. The second-order valence-corrected chi connectivity index (χ2v) is 15.6. The molecule has 0 amide bonds. The molecule has 31 heavy (non-hydrogen) atoms. The lowest BCUT2D eigenvalue weighted by molar-refractivity contribution is 0.0899. The zero-order valence-corrected chi connectivity index (χ0v) is 20.0. The number of fused-ring (bicyclic) bond motifs is 1. The van der Waals surface area contributed by atoms with E-state index in [4.69, 9.17) is 4.74 Å². The van der Waals surface area contributed by atoms with Gasteiger partial charge in [0.25, 0.3) is 0 Å². The highest BCUT2D eigenvalue weighted by Gasteiger charge is 2.23. The highest BCUT2D eigenvalue weighted by atomic mass is 28.3. The minimum absolute atomic E-state index is 0.300. The van der Waals surface area contributed by atoms with Crippen molar-refractivity contribution in [2.45, 2.75) is 70.6 Å². The van der Waals surface area contributed by atoms with Gasteiger partial charge in [-0.05, 0) is 50.1 Å². The van der Waals surface area contributed by atoms with Crippen molar-refractivity contribution in [3.05, 3.63) is 31.0 Å². The highest BCUT2D eigenvalue weighted by Crippen LogP contribution is 2.34. The molecule has 0 saturated heterocycles. The molecule has 1 aliphatic carbocycles. The summed E-state index contributed by atoms with van der Waals surface area (Å²) in [4.78, 5) is 9.08. The summed E-state index contributed by atoms with van der Waals surface area (Å²) < 4.78 is 10.1. The van der Waals surface area contributed by atoms with Gasteiger partial charge in [0.05, 0.1) is 17.9 Å². The van der Waals surface area contributed by atoms with E-state index in [1.165, 1.54) is 12.8 Å². The predicted molar refractivity (Wildman–Crippen MR) is 126 cm³/mol. The summed E-state index contributed by atoms with van der Waals surface area (Å²) in [7, 11) is -1.09. The standard InChI is InChI=1S/C23H35N5O2Si/c1-31(2,3)13-12-30-17-27-10-8-21-22(24-16-25-23(21)27)19-14-26-28(15-19)20-6-4-18(5-7-20)9-11-29/h8,10,14-16,18,20,29H,4-7,9,11-13,17H2,1-3H3. The predicted octanol–water partition coefficient (Wildman–Crippen LogP) is 4.72. The molecular formula is C23H35N5O2Si. The monoisotopic (exact) mass is 441 g/mol. The molecule has 4 rings (SSSR count). The molecule has 1 aliphatic rings. The van der Waals surface area contributed by atoms with E-state index in [0.717, 1.165) is 54.2 Å². The molecule has 168 valence electrons. The maximum absolute atomic E-state index is 9.17. The molecule has 0 atom stereocenters. The summed E-state index contributed by atoms with van der Waals surface area (Å²) in [6.45, 7) is 8.70. The lowest BCUT2D eigenvalue weighted by Gasteiger charge is -2.28. The Hall–Kier alpha value is -2.03. The Balaban J connectivity index is 1.45. The van der Waals surface area contributed by atoms with Gasteiger partial charge in [0, 0.05) is 44.6 Å². The Labute approximate surface area is 185 Å². The van der Waals surface area contributed by atoms with Crippen molar-refractivity contribution in [1.82, 2.24) is 24.3 Å². The molecular weight excluding hydrogens is 406 g/mol. The van der Waals surface area contributed by atoms with Crippen LogP contribution in [0.4, 0.5) is 0 Å². The summed E-state index contributed by atoms with van der Waals surface area (Å²) in [5, 5.41) is 14.9. The molecule has 3 aromatic rings. The smallest absolute Gasteiger partial charge is 0.145 e. The molecule has 3 heterocycles. The highest BCUT2D eigenvalue weighted by molar-refractivity contribution is 6.76. The second kappa shape index (κ2) is 9.63. The van der Waals surface area contributed by atoms with Crippen LogP contribution in [0.1, 0.15) is 38.1 Å². The Morgan fingerprint density at radius 3 is 2.71 bits per heavy atom. The number of ether oxygens (including phenoxy) is 1. The van der Waals surface area contributed by atoms with Gasteiger partial charge in [-0.2, -0.15) is 5.10 Å². The van der Waals surface area contributed by atoms with E-state index >= 15 is 0 Å². The van der Waals surface area contributed by atoms with E-state index in [1.54, 1.807) is 6.33 Å². The summed E-state index contributed by atoms with van der Waals surface area (Å²) >= 11 is 0. The lowest BCUT2D eigenvalue weighted by Crippen LogP contribution is -2.22. The quantitative estimate of drug-likeness (QED) is 0.384. The van der Waals surface area contributed by atoms with Gasteiger partial charge in [-0.15, -0.1) is 0 Å². The number of rotatable bonds is 9. The van der Waals surface area contributed by atoms with Crippen LogP contribution < -0.4 is 0 Å². The van der Waals surface area contributed by atoms with Crippen LogP contribution in [0.5, 0.6) is 0 Å². The summed E-state index contributed by atoms with van der Waals surface area (Å²) in [6.07, 6.45) is 13.2. The van der Waals surface area contributed by atoms with Gasteiger partial charge in [0.15, 0.2) is 0 Å². The first kappa shape index (κ1) is 22.2. The van der Waals surface area contributed by atoms with Crippen molar-refractivity contribution >= 4 is 19.1 Å². The molecule has 0 unspecified atom stereocenters. The third-order valence-corrected chi connectivity index (χ3v) is 8.09. The molecule has 3 aromatic heterocycles. The Bertz CT molecular complexity index is 985. The average Bonchev–Trinajstić information content (AvgIpc) is 3.39. The number of aromatic nitrogens is 5. The van der Waals surface area contributed by atoms with E-state index in [0.29, 0.717) is 25.3 Å². The lowest BCUT2D eigenvalue weighted by atomic mass is 9.84. The number of aliphatic hydroxyl groups is 1. The fourth-order valence-electron chi connectivity index (χ4n) is 4.42. The van der Waals surface area contributed by atoms with Gasteiger partial charge in [-0.25, -0.2) is 9.97 Å². The fraction of sp³-hybridized carbons (Fsp3) is 0.609. The molecule has 7 nitrogen and oxygen atoms in total. The minimum atomic E-state index is -1.09. The summed E-state index contributed by atoms with van der Waals surface area (Å²) in [5.41, 5.74) is 2.85. The summed E-state index contributed by atoms with van der Waals surface area (Å²) in [6, 6.07) is 3.67. The second-order valence-electron chi connectivity index (χ2n) is 9.99. The van der Waals surface area contributed by atoms with Crippen LogP contribution in [0.15, 0.2) is 31.0 Å². The van der Waals surface area contributed by atoms with Gasteiger partial charge in [-0.1, -0.05) is 19.6 Å². The van der Waals surface area contributed by atoms with Crippen molar-refractivity contribution in [3.63, 3.8) is 0 Å². The van der Waals surface area contributed by atoms with Crippen molar-refractivity contribution in [2.24, 2.45) is 5.92 Å². The van der Waals surface area contributed by atoms with E-state index in [9.17, 15) is 5.11 Å².